The molecule has 2 rings (SSSR count). The molecular formula is C21H26N2O2S4. The summed E-state index contributed by atoms with van der Waals surface area (Å²) in [4.78, 5) is 26.9. The van der Waals surface area contributed by atoms with Gasteiger partial charge in [-0.05, 0) is 37.1 Å². The van der Waals surface area contributed by atoms with Crippen LogP contribution < -0.4 is 10.6 Å². The Balaban J connectivity index is 1.55. The van der Waals surface area contributed by atoms with Crippen molar-refractivity contribution in [3.63, 3.8) is 0 Å². The maximum Gasteiger partial charge on any atom is 0.252 e. The van der Waals surface area contributed by atoms with Gasteiger partial charge in [0, 0.05) is 32.7 Å². The molecule has 0 aliphatic heterocycles. The molecular weight excluding hydrogens is 441 g/mol. The molecule has 4 nitrogen and oxygen atoms in total. The van der Waals surface area contributed by atoms with Crippen LogP contribution in [0.4, 0.5) is 0 Å². The lowest BCUT2D eigenvalue weighted by Crippen LogP contribution is -2.25. The average Bonchev–Trinajstić information content (AvgIpc) is 2.70. The molecule has 2 aromatic carbocycles. The van der Waals surface area contributed by atoms with E-state index in [-0.39, 0.29) is 11.8 Å². The lowest BCUT2D eigenvalue weighted by atomic mass is 10.1. The highest BCUT2D eigenvalue weighted by Crippen LogP contribution is 2.23. The zero-order valence-corrected chi connectivity index (χ0v) is 19.6. The number of benzene rings is 2. The molecule has 0 saturated heterocycles. The summed E-state index contributed by atoms with van der Waals surface area (Å²) in [5.74, 6) is -0.245. The summed E-state index contributed by atoms with van der Waals surface area (Å²) in [5, 5.41) is 5.84. The van der Waals surface area contributed by atoms with Crippen molar-refractivity contribution in [3.05, 3.63) is 47.5 Å². The number of rotatable bonds is 10. The third kappa shape index (κ3) is 7.51. The first kappa shape index (κ1) is 24.1. The first-order valence-electron chi connectivity index (χ1n) is 9.50. The molecule has 0 atom stereocenters. The van der Waals surface area contributed by atoms with Crippen LogP contribution in [0.2, 0.25) is 0 Å². The van der Waals surface area contributed by atoms with Gasteiger partial charge in [-0.2, -0.15) is 0 Å². The predicted molar refractivity (Wildman–Crippen MR) is 130 cm³/mol. The van der Waals surface area contributed by atoms with Crippen LogP contribution in [0.3, 0.4) is 0 Å². The van der Waals surface area contributed by atoms with Gasteiger partial charge in [0.05, 0.1) is 11.1 Å². The van der Waals surface area contributed by atoms with Crippen molar-refractivity contribution in [2.24, 2.45) is 0 Å². The van der Waals surface area contributed by atoms with Gasteiger partial charge in [0.25, 0.3) is 11.8 Å². The normalized spacial score (nSPS) is 10.6. The van der Waals surface area contributed by atoms with Gasteiger partial charge in [0.2, 0.25) is 0 Å². The smallest absolute Gasteiger partial charge is 0.252 e. The molecule has 0 fully saturated rings. The van der Waals surface area contributed by atoms with Gasteiger partial charge < -0.3 is 10.6 Å². The van der Waals surface area contributed by atoms with Gasteiger partial charge in [-0.1, -0.05) is 31.4 Å². The second-order valence-corrected chi connectivity index (χ2v) is 8.48. The molecule has 0 aliphatic carbocycles. The highest BCUT2D eigenvalue weighted by atomic mass is 32.1. The van der Waals surface area contributed by atoms with Crippen LogP contribution >= 0.6 is 50.5 Å². The summed E-state index contributed by atoms with van der Waals surface area (Å²) in [5.41, 5.74) is 1.09. The molecule has 29 heavy (non-hydrogen) atoms. The molecule has 0 heterocycles. The van der Waals surface area contributed by atoms with E-state index in [1.165, 1.54) is 0 Å². The van der Waals surface area contributed by atoms with E-state index in [1.54, 1.807) is 36.4 Å². The average molecular weight is 467 g/mol. The van der Waals surface area contributed by atoms with Crippen LogP contribution in [0.1, 0.15) is 52.8 Å². The first-order valence-corrected chi connectivity index (χ1v) is 11.3. The highest BCUT2D eigenvalue weighted by Gasteiger charge is 2.11. The zero-order chi connectivity index (χ0) is 21.2. The van der Waals surface area contributed by atoms with E-state index in [1.807, 2.05) is 0 Å². The highest BCUT2D eigenvalue weighted by molar-refractivity contribution is 7.84. The molecule has 2 N–H and O–H groups in total. The van der Waals surface area contributed by atoms with Crippen LogP contribution in [-0.4, -0.2) is 24.9 Å². The van der Waals surface area contributed by atoms with Gasteiger partial charge in [-0.25, -0.2) is 0 Å². The quantitative estimate of drug-likeness (QED) is 0.222. The maximum absolute atomic E-state index is 12.2. The number of hydrogen-bond donors (Lipinski definition) is 6. The van der Waals surface area contributed by atoms with Gasteiger partial charge >= 0.3 is 0 Å². The summed E-state index contributed by atoms with van der Waals surface area (Å²) in [6, 6.07) is 10.7. The van der Waals surface area contributed by atoms with Crippen LogP contribution in [0.15, 0.2) is 56.0 Å². The van der Waals surface area contributed by atoms with Crippen LogP contribution in [0, 0.1) is 0 Å². The molecule has 2 aromatic rings. The standard InChI is InChI=1S/C21H26N2O2S4/c24-20(14-8-6-10-16(26)18(14)28)22-12-4-2-1-3-5-13-23-21(25)15-9-7-11-17(27)19(15)29/h6-11,26-29H,1-5,12-13H2,(H,22,24)(H,23,25). The van der Waals surface area contributed by atoms with Crippen LogP contribution in [-0.2, 0) is 0 Å². The summed E-state index contributed by atoms with van der Waals surface area (Å²) >= 11 is 17.2. The van der Waals surface area contributed by atoms with Crippen molar-refractivity contribution >= 4 is 62.3 Å². The number of amides is 2. The SMILES string of the molecule is O=C(NCCCCCCCNC(=O)c1cccc(S)c1S)c1cccc(S)c1S. The van der Waals surface area contributed by atoms with E-state index in [2.05, 4.69) is 61.1 Å². The molecule has 0 bridgehead atoms. The van der Waals surface area contributed by atoms with E-state index < -0.39 is 0 Å². The van der Waals surface area contributed by atoms with Gasteiger partial charge in [-0.3, -0.25) is 9.59 Å². The molecule has 0 radical (unpaired) electrons. The molecule has 0 spiro atoms. The van der Waals surface area contributed by atoms with Crippen LogP contribution in [0.5, 0.6) is 0 Å². The Morgan fingerprint density at radius 1 is 0.621 bits per heavy atom. The summed E-state index contributed by atoms with van der Waals surface area (Å²) in [6.07, 6.45) is 4.93. The summed E-state index contributed by atoms with van der Waals surface area (Å²) < 4.78 is 0. The van der Waals surface area contributed by atoms with E-state index >= 15 is 0 Å². The fraction of sp³-hybridized carbons (Fsp3) is 0.333. The minimum Gasteiger partial charge on any atom is -0.352 e. The van der Waals surface area contributed by atoms with Crippen molar-refractivity contribution in [2.75, 3.05) is 13.1 Å². The monoisotopic (exact) mass is 466 g/mol. The summed E-state index contributed by atoms with van der Waals surface area (Å²) in [6.45, 7) is 1.26. The minimum absolute atomic E-state index is 0.123. The minimum atomic E-state index is -0.123. The first-order chi connectivity index (χ1) is 13.9. The third-order valence-electron chi connectivity index (χ3n) is 4.44. The second-order valence-electron chi connectivity index (χ2n) is 6.63. The Morgan fingerprint density at radius 3 is 1.41 bits per heavy atom. The number of hydrogen-bond acceptors (Lipinski definition) is 6. The van der Waals surface area contributed by atoms with Crippen molar-refractivity contribution in [1.29, 1.82) is 0 Å². The zero-order valence-electron chi connectivity index (χ0n) is 16.0. The van der Waals surface area contributed by atoms with E-state index in [4.69, 9.17) is 0 Å². The van der Waals surface area contributed by atoms with Crippen molar-refractivity contribution in [2.45, 2.75) is 51.7 Å². The molecule has 0 saturated carbocycles. The largest absolute Gasteiger partial charge is 0.352 e. The molecule has 8 heteroatoms. The molecule has 0 unspecified atom stereocenters. The van der Waals surface area contributed by atoms with E-state index in [0.29, 0.717) is 43.8 Å². The Labute approximate surface area is 194 Å². The third-order valence-corrected chi connectivity index (χ3v) is 6.51. The fourth-order valence-corrected chi connectivity index (χ4v) is 3.72. The Hall–Kier alpha value is -1.22. The Bertz CT molecular complexity index is 789. The molecule has 0 aliphatic rings. The number of unbranched alkanes of at least 4 members (excludes halogenated alkanes) is 4. The van der Waals surface area contributed by atoms with E-state index in [9.17, 15) is 9.59 Å². The number of carbonyl (C=O) groups is 2. The molecule has 0 aromatic heterocycles. The molecule has 2 amide bonds. The lowest BCUT2D eigenvalue weighted by Gasteiger charge is -2.09. The predicted octanol–water partition coefficient (Wildman–Crippen LogP) is 4.95. The van der Waals surface area contributed by atoms with Gasteiger partial charge in [-0.15, -0.1) is 50.5 Å². The van der Waals surface area contributed by atoms with Crippen molar-refractivity contribution in [3.8, 4) is 0 Å². The summed E-state index contributed by atoms with van der Waals surface area (Å²) in [7, 11) is 0. The van der Waals surface area contributed by atoms with Crippen molar-refractivity contribution in [1.82, 2.24) is 10.6 Å². The van der Waals surface area contributed by atoms with Gasteiger partial charge in [0.1, 0.15) is 0 Å². The Kier molecular flexibility index (Phi) is 10.3. The number of carbonyl (C=O) groups excluding carboxylic acids is 2. The van der Waals surface area contributed by atoms with E-state index in [0.717, 1.165) is 32.1 Å². The number of nitrogens with one attached hydrogen (secondary N) is 2. The number of thiol groups is 4. The van der Waals surface area contributed by atoms with Crippen molar-refractivity contribution < 1.29 is 9.59 Å². The van der Waals surface area contributed by atoms with Crippen LogP contribution in [0.25, 0.3) is 0 Å². The topological polar surface area (TPSA) is 58.2 Å². The molecule has 156 valence electrons. The second kappa shape index (κ2) is 12.5. The van der Waals surface area contributed by atoms with Gasteiger partial charge in [0.15, 0.2) is 0 Å². The Morgan fingerprint density at radius 2 is 1.00 bits per heavy atom. The fourth-order valence-electron chi connectivity index (χ4n) is 2.80. The maximum atomic E-state index is 12.2. The lowest BCUT2D eigenvalue weighted by molar-refractivity contribution is 0.0942.